The summed E-state index contributed by atoms with van der Waals surface area (Å²) in [6.07, 6.45) is -1.61. The van der Waals surface area contributed by atoms with Gasteiger partial charge in [0.1, 0.15) is 17.8 Å². The molecule has 0 spiro atoms. The number of halogens is 1. The highest BCUT2D eigenvalue weighted by molar-refractivity contribution is 6.30. The van der Waals surface area contributed by atoms with Gasteiger partial charge in [-0.05, 0) is 37.6 Å². The minimum Gasteiger partial charge on any atom is -0.471 e. The van der Waals surface area contributed by atoms with Crippen LogP contribution >= 0.6 is 11.6 Å². The van der Waals surface area contributed by atoms with Crippen molar-refractivity contribution < 1.29 is 28.7 Å². The average molecular weight is 475 g/mol. The minimum absolute atomic E-state index is 0.0130. The number of esters is 2. The summed E-state index contributed by atoms with van der Waals surface area (Å²) >= 11 is 6.03. The Labute approximate surface area is 195 Å². The van der Waals surface area contributed by atoms with Gasteiger partial charge in [-0.25, -0.2) is 4.79 Å². The van der Waals surface area contributed by atoms with E-state index in [0.717, 1.165) is 0 Å². The number of nitrogens with one attached hydrogen (secondary N) is 1. The number of nitrogens with zero attached hydrogens (tertiary/aromatic N) is 1. The maximum Gasteiger partial charge on any atom is 0.355 e. The Bertz CT molecular complexity index is 1080. The highest BCUT2D eigenvalue weighted by atomic mass is 35.5. The van der Waals surface area contributed by atoms with Gasteiger partial charge in [0.2, 0.25) is 0 Å². The molecule has 0 aromatic heterocycles. The third-order valence-electron chi connectivity index (χ3n) is 6.12. The van der Waals surface area contributed by atoms with Crippen LogP contribution in [0.3, 0.4) is 0 Å². The molecule has 1 fully saturated rings. The van der Waals surface area contributed by atoms with E-state index in [-0.39, 0.29) is 19.0 Å². The Hall–Kier alpha value is -3.17. The first-order chi connectivity index (χ1) is 15.9. The minimum atomic E-state index is -2.09. The zero-order valence-corrected chi connectivity index (χ0v) is 18.8. The quantitative estimate of drug-likeness (QED) is 0.385. The molecular formula is C23H23ClN2O7. The van der Waals surface area contributed by atoms with Crippen molar-refractivity contribution in [1.82, 2.24) is 5.32 Å². The highest BCUT2D eigenvalue weighted by Gasteiger charge is 2.76. The van der Waals surface area contributed by atoms with Gasteiger partial charge in [0, 0.05) is 15.5 Å². The number of carbonyl (C=O) groups is 2. The monoisotopic (exact) mass is 474 g/mol. The molecule has 10 heteroatoms. The fraction of sp³-hybridized carbons (Fsp3) is 0.391. The van der Waals surface area contributed by atoms with E-state index in [4.69, 9.17) is 25.8 Å². The molecule has 0 aliphatic carbocycles. The van der Waals surface area contributed by atoms with Gasteiger partial charge in [-0.3, -0.25) is 20.2 Å². The topological polar surface area (TPSA) is 117 Å². The number of hydrogen-bond acceptors (Lipinski definition) is 8. The SMILES string of the molecule is CCOC(=O)[C@H]1N[C@@H](c2ccc(Cl)cc2)[C@]2([N+](=O)[O-])[C@@H](C(=O)OCC)Oc3ccccc3[C@H]12. The maximum atomic E-state index is 13.1. The largest absolute Gasteiger partial charge is 0.471 e. The van der Waals surface area contributed by atoms with Crippen LogP contribution in [0.15, 0.2) is 48.5 Å². The van der Waals surface area contributed by atoms with Crippen LogP contribution in [0.1, 0.15) is 36.9 Å². The Morgan fingerprint density at radius 1 is 1.09 bits per heavy atom. The average Bonchev–Trinajstić information content (AvgIpc) is 3.17. The number of fused-ring (bicyclic) bond motifs is 3. The van der Waals surface area contributed by atoms with Crippen LogP contribution in [-0.4, -0.2) is 47.8 Å². The van der Waals surface area contributed by atoms with Gasteiger partial charge in [0.25, 0.3) is 11.6 Å². The zero-order valence-electron chi connectivity index (χ0n) is 18.0. The highest BCUT2D eigenvalue weighted by Crippen LogP contribution is 2.56. The molecule has 174 valence electrons. The maximum absolute atomic E-state index is 13.1. The van der Waals surface area contributed by atoms with Gasteiger partial charge in [0.15, 0.2) is 0 Å². The lowest BCUT2D eigenvalue weighted by Crippen LogP contribution is -2.63. The van der Waals surface area contributed by atoms with E-state index in [1.807, 2.05) is 0 Å². The normalized spacial score (nSPS) is 27.6. The fourth-order valence-corrected chi connectivity index (χ4v) is 5.02. The van der Waals surface area contributed by atoms with E-state index >= 15 is 0 Å². The van der Waals surface area contributed by atoms with Crippen molar-refractivity contribution >= 4 is 23.5 Å². The number of carbonyl (C=O) groups excluding carboxylic acids is 2. The van der Waals surface area contributed by atoms with Gasteiger partial charge < -0.3 is 14.2 Å². The van der Waals surface area contributed by atoms with Crippen LogP contribution in [0, 0.1) is 10.1 Å². The molecule has 2 heterocycles. The smallest absolute Gasteiger partial charge is 0.355 e. The first-order valence-electron chi connectivity index (χ1n) is 10.6. The summed E-state index contributed by atoms with van der Waals surface area (Å²) in [4.78, 5) is 38.5. The molecule has 1 saturated heterocycles. The number of rotatable bonds is 6. The molecule has 0 unspecified atom stereocenters. The summed E-state index contributed by atoms with van der Waals surface area (Å²) in [5.74, 6) is -2.30. The van der Waals surface area contributed by atoms with Crippen LogP contribution < -0.4 is 10.1 Å². The second-order valence-electron chi connectivity index (χ2n) is 7.79. The first kappa shape index (κ1) is 23.0. The molecular weight excluding hydrogens is 452 g/mol. The van der Waals surface area contributed by atoms with Gasteiger partial charge in [-0.15, -0.1) is 0 Å². The molecule has 0 radical (unpaired) electrons. The molecule has 33 heavy (non-hydrogen) atoms. The molecule has 9 nitrogen and oxygen atoms in total. The molecule has 0 saturated carbocycles. The molecule has 2 aromatic rings. The number of para-hydroxylation sites is 1. The molecule has 1 N–H and O–H groups in total. The Kier molecular flexibility index (Phi) is 6.27. The molecule has 0 bridgehead atoms. The third-order valence-corrected chi connectivity index (χ3v) is 6.37. The van der Waals surface area contributed by atoms with Crippen molar-refractivity contribution in [3.05, 3.63) is 74.8 Å². The lowest BCUT2D eigenvalue weighted by Gasteiger charge is -2.41. The summed E-state index contributed by atoms with van der Waals surface area (Å²) in [6.45, 7) is 3.37. The van der Waals surface area contributed by atoms with Crippen LogP contribution in [0.2, 0.25) is 5.02 Å². The molecule has 2 aliphatic heterocycles. The summed E-state index contributed by atoms with van der Waals surface area (Å²) < 4.78 is 16.4. The lowest BCUT2D eigenvalue weighted by molar-refractivity contribution is -0.586. The van der Waals surface area contributed by atoms with Gasteiger partial charge in [0.05, 0.1) is 19.1 Å². The zero-order chi connectivity index (χ0) is 23.8. The van der Waals surface area contributed by atoms with E-state index in [1.54, 1.807) is 62.4 Å². The Morgan fingerprint density at radius 3 is 2.36 bits per heavy atom. The first-order valence-corrected chi connectivity index (χ1v) is 11.0. The van der Waals surface area contributed by atoms with E-state index in [1.165, 1.54) is 0 Å². The van der Waals surface area contributed by atoms with E-state index in [9.17, 15) is 19.7 Å². The standard InChI is InChI=1S/C23H23ClN2O7/c1-3-31-21(27)18-17-15-7-5-6-8-16(15)33-20(22(28)32-4-2)23(17,26(29)30)19(25-18)13-9-11-14(24)12-10-13/h5-12,17-20,25H,3-4H2,1-2H3/t17-,18+,19+,20-,23+/m1/s1. The second-order valence-corrected chi connectivity index (χ2v) is 8.23. The number of nitro groups is 1. The van der Waals surface area contributed by atoms with Crippen molar-refractivity contribution in [2.75, 3.05) is 13.2 Å². The van der Waals surface area contributed by atoms with Crippen molar-refractivity contribution in [2.24, 2.45) is 0 Å². The number of hydrogen-bond donors (Lipinski definition) is 1. The van der Waals surface area contributed by atoms with E-state index in [0.29, 0.717) is 16.1 Å². The summed E-state index contributed by atoms with van der Waals surface area (Å²) in [6, 6.07) is 10.9. The summed E-state index contributed by atoms with van der Waals surface area (Å²) in [5, 5.41) is 16.5. The third kappa shape index (κ3) is 3.61. The fourth-order valence-electron chi connectivity index (χ4n) is 4.89. The van der Waals surface area contributed by atoms with Crippen molar-refractivity contribution in [1.29, 1.82) is 0 Å². The van der Waals surface area contributed by atoms with Crippen LogP contribution in [0.5, 0.6) is 5.75 Å². The van der Waals surface area contributed by atoms with Crippen molar-refractivity contribution in [3.8, 4) is 5.75 Å². The predicted molar refractivity (Wildman–Crippen MR) is 118 cm³/mol. The van der Waals surface area contributed by atoms with Crippen molar-refractivity contribution in [2.45, 2.75) is 43.5 Å². The van der Waals surface area contributed by atoms with Gasteiger partial charge in [-0.1, -0.05) is 41.9 Å². The van der Waals surface area contributed by atoms with Crippen LogP contribution in [0.4, 0.5) is 0 Å². The number of ether oxygens (including phenoxy) is 3. The van der Waals surface area contributed by atoms with E-state index < -0.39 is 46.5 Å². The lowest BCUT2D eigenvalue weighted by atomic mass is 9.68. The summed E-state index contributed by atoms with van der Waals surface area (Å²) in [5.41, 5.74) is -1.17. The Morgan fingerprint density at radius 2 is 1.73 bits per heavy atom. The van der Waals surface area contributed by atoms with Crippen molar-refractivity contribution in [3.63, 3.8) is 0 Å². The number of benzene rings is 2. The molecule has 5 atom stereocenters. The Balaban J connectivity index is 2.00. The molecule has 4 rings (SSSR count). The molecule has 2 aromatic carbocycles. The van der Waals surface area contributed by atoms with E-state index in [2.05, 4.69) is 5.32 Å². The summed E-state index contributed by atoms with van der Waals surface area (Å²) in [7, 11) is 0. The van der Waals surface area contributed by atoms with Crippen LogP contribution in [-0.2, 0) is 19.1 Å². The van der Waals surface area contributed by atoms with Gasteiger partial charge >= 0.3 is 11.9 Å². The molecule has 2 aliphatic rings. The second kappa shape index (κ2) is 8.99. The van der Waals surface area contributed by atoms with Crippen LogP contribution in [0.25, 0.3) is 0 Å². The molecule has 0 amide bonds. The van der Waals surface area contributed by atoms with Gasteiger partial charge in [-0.2, -0.15) is 0 Å². The predicted octanol–water partition coefficient (Wildman–Crippen LogP) is 3.04.